The quantitative estimate of drug-likeness (QED) is 0.746. The number of hydrogen-bond donors (Lipinski definition) is 1. The molecule has 1 aromatic heterocycles. The van der Waals surface area contributed by atoms with Gasteiger partial charge >= 0.3 is 0 Å². The molecule has 1 atom stereocenters. The van der Waals surface area contributed by atoms with Gasteiger partial charge in [0, 0.05) is 4.47 Å². The Kier molecular flexibility index (Phi) is 4.63. The number of nitrogens with zero attached hydrogens (tertiary/aromatic N) is 1. The topological polar surface area (TPSA) is 42.0 Å². The smallest absolute Gasteiger partial charge is 0.239 e. The van der Waals surface area contributed by atoms with E-state index in [2.05, 4.69) is 55.2 Å². The molecule has 102 valence electrons. The highest BCUT2D eigenvalue weighted by Gasteiger charge is 2.16. The monoisotopic (exact) mass is 404 g/mol. The fraction of sp³-hybridized carbons (Fsp3) is 0.385. The van der Waals surface area contributed by atoms with E-state index in [0.717, 1.165) is 32.2 Å². The molecule has 0 bridgehead atoms. The maximum Gasteiger partial charge on any atom is 0.239 e. The molecular weight excluding hydrogens is 392 g/mol. The number of halogens is 2. The van der Waals surface area contributed by atoms with Gasteiger partial charge < -0.3 is 5.32 Å². The first-order valence-corrected chi connectivity index (χ1v) is 8.47. The standard InChI is InChI=1S/C13H14Br2N2OS/c1-4-8(14)12(18)17-13-16-10-6(2)5-9(15)7(3)11(10)19-13/h5,8H,4H2,1-3H3,(H,16,17,18)/t8-/m0/s1. The lowest BCUT2D eigenvalue weighted by molar-refractivity contribution is -0.115. The summed E-state index contributed by atoms with van der Waals surface area (Å²) in [4.78, 5) is 16.2. The van der Waals surface area contributed by atoms with Crippen LogP contribution in [0.25, 0.3) is 10.2 Å². The molecule has 0 unspecified atom stereocenters. The van der Waals surface area contributed by atoms with Crippen LogP contribution in [-0.2, 0) is 4.79 Å². The first-order valence-electron chi connectivity index (χ1n) is 5.95. The summed E-state index contributed by atoms with van der Waals surface area (Å²) in [6.07, 6.45) is 0.750. The van der Waals surface area contributed by atoms with E-state index < -0.39 is 0 Å². The van der Waals surface area contributed by atoms with Gasteiger partial charge in [0.25, 0.3) is 0 Å². The summed E-state index contributed by atoms with van der Waals surface area (Å²) < 4.78 is 2.19. The fourth-order valence-electron chi connectivity index (χ4n) is 1.74. The Morgan fingerprint density at radius 2 is 2.21 bits per heavy atom. The average Bonchev–Trinajstić information content (AvgIpc) is 2.79. The van der Waals surface area contributed by atoms with Crippen LogP contribution in [0.1, 0.15) is 24.5 Å². The molecule has 0 spiro atoms. The Hall–Kier alpha value is -0.460. The van der Waals surface area contributed by atoms with Crippen molar-refractivity contribution in [2.24, 2.45) is 0 Å². The zero-order valence-electron chi connectivity index (χ0n) is 10.9. The summed E-state index contributed by atoms with van der Waals surface area (Å²) >= 11 is 8.40. The highest BCUT2D eigenvalue weighted by molar-refractivity contribution is 9.10. The number of carbonyl (C=O) groups excluding carboxylic acids is 1. The number of hydrogen-bond acceptors (Lipinski definition) is 3. The third-order valence-corrected chi connectivity index (χ3v) is 5.89. The minimum Gasteiger partial charge on any atom is -0.301 e. The number of nitrogens with one attached hydrogen (secondary N) is 1. The van der Waals surface area contributed by atoms with Crippen LogP contribution in [0.5, 0.6) is 0 Å². The molecule has 1 heterocycles. The number of rotatable bonds is 3. The number of aryl methyl sites for hydroxylation is 2. The van der Waals surface area contributed by atoms with E-state index in [1.807, 2.05) is 13.8 Å². The molecule has 0 radical (unpaired) electrons. The Balaban J connectivity index is 2.40. The van der Waals surface area contributed by atoms with Crippen molar-refractivity contribution in [1.29, 1.82) is 0 Å². The molecular formula is C13H14Br2N2OS. The normalized spacial score (nSPS) is 12.7. The second kappa shape index (κ2) is 5.89. The molecule has 1 N–H and O–H groups in total. The van der Waals surface area contributed by atoms with Crippen molar-refractivity contribution in [3.8, 4) is 0 Å². The molecule has 2 aromatic rings. The Bertz CT molecular complexity index is 639. The lowest BCUT2D eigenvalue weighted by Gasteiger charge is -2.04. The Morgan fingerprint density at radius 3 is 2.84 bits per heavy atom. The molecule has 0 aliphatic heterocycles. The largest absolute Gasteiger partial charge is 0.301 e. The second-order valence-corrected chi connectivity index (χ2v) is 7.32. The van der Waals surface area contributed by atoms with Crippen LogP contribution < -0.4 is 5.32 Å². The van der Waals surface area contributed by atoms with Crippen LogP contribution in [0.15, 0.2) is 10.5 Å². The zero-order chi connectivity index (χ0) is 14.2. The summed E-state index contributed by atoms with van der Waals surface area (Å²) in [6, 6.07) is 2.06. The van der Waals surface area contributed by atoms with Gasteiger partial charge in [-0.05, 0) is 37.5 Å². The highest BCUT2D eigenvalue weighted by Crippen LogP contribution is 2.35. The van der Waals surface area contributed by atoms with Crippen molar-refractivity contribution in [3.63, 3.8) is 0 Å². The van der Waals surface area contributed by atoms with E-state index in [4.69, 9.17) is 0 Å². The molecule has 0 aliphatic carbocycles. The van der Waals surface area contributed by atoms with Gasteiger partial charge in [-0.1, -0.05) is 50.1 Å². The highest BCUT2D eigenvalue weighted by atomic mass is 79.9. The molecule has 0 saturated carbocycles. The predicted octanol–water partition coefficient (Wildman–Crippen LogP) is 4.79. The number of anilines is 1. The first-order chi connectivity index (χ1) is 8.93. The number of amides is 1. The van der Waals surface area contributed by atoms with Crippen LogP contribution in [-0.4, -0.2) is 15.7 Å². The van der Waals surface area contributed by atoms with Gasteiger partial charge in [-0.3, -0.25) is 4.79 Å². The molecule has 0 fully saturated rings. The van der Waals surface area contributed by atoms with Crippen molar-refractivity contribution in [2.45, 2.75) is 32.0 Å². The number of carbonyl (C=O) groups is 1. The van der Waals surface area contributed by atoms with Gasteiger partial charge in [0.1, 0.15) is 0 Å². The van der Waals surface area contributed by atoms with Crippen LogP contribution in [0.4, 0.5) is 5.13 Å². The summed E-state index contributed by atoms with van der Waals surface area (Å²) in [6.45, 7) is 6.04. The molecule has 1 aromatic carbocycles. The summed E-state index contributed by atoms with van der Waals surface area (Å²) in [5.74, 6) is -0.0454. The fourth-order valence-corrected chi connectivity index (χ4v) is 3.57. The molecule has 3 nitrogen and oxygen atoms in total. The predicted molar refractivity (Wildman–Crippen MR) is 88.4 cm³/mol. The van der Waals surface area contributed by atoms with Gasteiger partial charge in [0.2, 0.25) is 5.91 Å². The summed E-state index contributed by atoms with van der Waals surface area (Å²) in [7, 11) is 0. The second-order valence-electron chi connectivity index (χ2n) is 4.36. The van der Waals surface area contributed by atoms with Gasteiger partial charge in [0.05, 0.1) is 15.0 Å². The lowest BCUT2D eigenvalue weighted by atomic mass is 10.1. The lowest BCUT2D eigenvalue weighted by Crippen LogP contribution is -2.21. The average molecular weight is 406 g/mol. The number of aromatic nitrogens is 1. The number of alkyl halides is 1. The molecule has 0 saturated heterocycles. The molecule has 0 aliphatic rings. The van der Waals surface area contributed by atoms with Crippen molar-refractivity contribution in [1.82, 2.24) is 4.98 Å². The van der Waals surface area contributed by atoms with Crippen molar-refractivity contribution in [3.05, 3.63) is 21.7 Å². The van der Waals surface area contributed by atoms with E-state index in [9.17, 15) is 4.79 Å². The molecule has 1 amide bonds. The van der Waals surface area contributed by atoms with Crippen LogP contribution in [0.3, 0.4) is 0 Å². The minimum atomic E-state index is -0.173. The molecule has 19 heavy (non-hydrogen) atoms. The van der Waals surface area contributed by atoms with E-state index in [1.54, 1.807) is 0 Å². The van der Waals surface area contributed by atoms with Crippen molar-refractivity contribution in [2.75, 3.05) is 5.32 Å². The van der Waals surface area contributed by atoms with Gasteiger partial charge in [-0.2, -0.15) is 0 Å². The van der Waals surface area contributed by atoms with Crippen LogP contribution in [0, 0.1) is 13.8 Å². The first kappa shape index (κ1) is 14.9. The van der Waals surface area contributed by atoms with Crippen LogP contribution in [0.2, 0.25) is 0 Å². The summed E-state index contributed by atoms with van der Waals surface area (Å²) in [5, 5.41) is 3.52. The van der Waals surface area contributed by atoms with Gasteiger partial charge in [-0.15, -0.1) is 0 Å². The number of thiazole rings is 1. The van der Waals surface area contributed by atoms with E-state index in [1.165, 1.54) is 11.3 Å². The number of fused-ring (bicyclic) bond motifs is 1. The summed E-state index contributed by atoms with van der Waals surface area (Å²) in [5.41, 5.74) is 3.23. The van der Waals surface area contributed by atoms with Crippen LogP contribution >= 0.6 is 43.2 Å². The van der Waals surface area contributed by atoms with Crippen molar-refractivity contribution < 1.29 is 4.79 Å². The maximum absolute atomic E-state index is 11.9. The number of benzene rings is 1. The van der Waals surface area contributed by atoms with Gasteiger partial charge in [0.15, 0.2) is 5.13 Å². The Morgan fingerprint density at radius 1 is 1.53 bits per heavy atom. The third kappa shape index (κ3) is 3.01. The zero-order valence-corrected chi connectivity index (χ0v) is 14.9. The maximum atomic E-state index is 11.9. The Labute approximate surface area is 133 Å². The molecule has 2 rings (SSSR count). The van der Waals surface area contributed by atoms with Gasteiger partial charge in [-0.25, -0.2) is 4.98 Å². The van der Waals surface area contributed by atoms with E-state index >= 15 is 0 Å². The third-order valence-electron chi connectivity index (χ3n) is 2.92. The van der Waals surface area contributed by atoms with E-state index in [0.29, 0.717) is 5.13 Å². The molecule has 6 heteroatoms. The van der Waals surface area contributed by atoms with Crippen molar-refractivity contribution >= 4 is 64.5 Å². The SMILES string of the molecule is CC[C@H](Br)C(=O)Nc1nc2c(C)cc(Br)c(C)c2s1. The van der Waals surface area contributed by atoms with E-state index in [-0.39, 0.29) is 10.7 Å². The minimum absolute atomic E-state index is 0.0454.